The summed E-state index contributed by atoms with van der Waals surface area (Å²) in [6.07, 6.45) is 0. The molecule has 0 saturated carbocycles. The molecular weight excluding hydrogens is 280 g/mol. The molecule has 0 aromatic heterocycles. The van der Waals surface area contributed by atoms with Crippen molar-refractivity contribution in [2.24, 2.45) is 0 Å². The van der Waals surface area contributed by atoms with Crippen LogP contribution in [0.3, 0.4) is 0 Å². The zero-order chi connectivity index (χ0) is 15.6. The van der Waals surface area contributed by atoms with Crippen LogP contribution in [0.15, 0.2) is 54.6 Å². The van der Waals surface area contributed by atoms with Crippen molar-refractivity contribution < 1.29 is 14.6 Å². The van der Waals surface area contributed by atoms with E-state index in [0.717, 1.165) is 17.0 Å². The van der Waals surface area contributed by atoms with Gasteiger partial charge in [-0.3, -0.25) is 4.79 Å². The number of aliphatic hydroxyl groups is 1. The summed E-state index contributed by atoms with van der Waals surface area (Å²) in [4.78, 5) is 11.7. The summed E-state index contributed by atoms with van der Waals surface area (Å²) >= 11 is 0. The molecule has 22 heavy (non-hydrogen) atoms. The highest BCUT2D eigenvalue weighted by Crippen LogP contribution is 2.10. The van der Waals surface area contributed by atoms with Crippen molar-refractivity contribution in [2.75, 3.05) is 25.0 Å². The summed E-state index contributed by atoms with van der Waals surface area (Å²) < 4.78 is 5.49. The first-order valence-electron chi connectivity index (χ1n) is 7.16. The highest BCUT2D eigenvalue weighted by atomic mass is 16.5. The quantitative estimate of drug-likeness (QED) is 0.650. The lowest BCUT2D eigenvalue weighted by Gasteiger charge is -2.09. The number of carbonyl (C=O) groups excluding carboxylic acids is 1. The van der Waals surface area contributed by atoms with E-state index in [-0.39, 0.29) is 19.1 Å². The Balaban J connectivity index is 1.63. The Hall–Kier alpha value is -2.53. The Bertz CT molecular complexity index is 587. The average Bonchev–Trinajstić information content (AvgIpc) is 2.58. The molecule has 3 N–H and O–H groups in total. The van der Waals surface area contributed by atoms with Gasteiger partial charge in [0.2, 0.25) is 5.91 Å². The summed E-state index contributed by atoms with van der Waals surface area (Å²) in [5.41, 5.74) is 1.61. The first-order valence-corrected chi connectivity index (χ1v) is 7.16. The number of benzene rings is 2. The molecule has 0 aliphatic carbocycles. The number of hydrogen-bond donors (Lipinski definition) is 3. The maximum Gasteiger partial charge on any atom is 0.239 e. The molecule has 0 unspecified atom stereocenters. The Morgan fingerprint density at radius 1 is 1.09 bits per heavy atom. The van der Waals surface area contributed by atoms with Crippen LogP contribution < -0.4 is 15.4 Å². The normalized spacial score (nSPS) is 10.0. The first-order chi connectivity index (χ1) is 10.8. The minimum atomic E-state index is -0.105. The van der Waals surface area contributed by atoms with Gasteiger partial charge in [-0.2, -0.15) is 0 Å². The molecule has 5 nitrogen and oxygen atoms in total. The third-order valence-electron chi connectivity index (χ3n) is 3.00. The van der Waals surface area contributed by atoms with Crippen LogP contribution >= 0.6 is 0 Å². The molecule has 5 heteroatoms. The number of ether oxygens (including phenoxy) is 1. The van der Waals surface area contributed by atoms with Gasteiger partial charge in [-0.15, -0.1) is 0 Å². The van der Waals surface area contributed by atoms with Gasteiger partial charge in [-0.1, -0.05) is 30.3 Å². The van der Waals surface area contributed by atoms with Crippen LogP contribution in [0.4, 0.5) is 5.69 Å². The van der Waals surface area contributed by atoms with E-state index < -0.39 is 0 Å². The predicted molar refractivity (Wildman–Crippen MR) is 85.8 cm³/mol. The molecule has 0 heterocycles. The average molecular weight is 300 g/mol. The zero-order valence-corrected chi connectivity index (χ0v) is 12.3. The lowest BCUT2D eigenvalue weighted by atomic mass is 10.2. The largest absolute Gasteiger partial charge is 0.492 e. The number of rotatable bonds is 8. The van der Waals surface area contributed by atoms with E-state index in [2.05, 4.69) is 10.6 Å². The summed E-state index contributed by atoms with van der Waals surface area (Å²) in [6.45, 7) is 1.04. The Morgan fingerprint density at radius 2 is 1.91 bits per heavy atom. The molecule has 2 aromatic rings. The molecule has 0 bridgehead atoms. The van der Waals surface area contributed by atoms with Gasteiger partial charge < -0.3 is 20.5 Å². The van der Waals surface area contributed by atoms with Crippen molar-refractivity contribution in [1.82, 2.24) is 5.32 Å². The van der Waals surface area contributed by atoms with Crippen molar-refractivity contribution in [2.45, 2.75) is 6.61 Å². The number of carbonyl (C=O) groups is 1. The first kappa shape index (κ1) is 15.9. The van der Waals surface area contributed by atoms with Crippen molar-refractivity contribution in [3.05, 3.63) is 60.2 Å². The highest BCUT2D eigenvalue weighted by Gasteiger charge is 2.01. The van der Waals surface area contributed by atoms with Gasteiger partial charge in [0, 0.05) is 5.69 Å². The molecule has 116 valence electrons. The summed E-state index contributed by atoms with van der Waals surface area (Å²) in [5, 5.41) is 14.8. The van der Waals surface area contributed by atoms with Gasteiger partial charge in [0.1, 0.15) is 12.4 Å². The summed E-state index contributed by atoms with van der Waals surface area (Å²) in [5.74, 6) is 0.682. The molecule has 1 amide bonds. The van der Waals surface area contributed by atoms with E-state index in [4.69, 9.17) is 9.84 Å². The summed E-state index contributed by atoms with van der Waals surface area (Å²) in [7, 11) is 0. The molecule has 0 fully saturated rings. The van der Waals surface area contributed by atoms with Gasteiger partial charge in [0.05, 0.1) is 19.7 Å². The molecule has 0 atom stereocenters. The van der Waals surface area contributed by atoms with Gasteiger partial charge in [0.15, 0.2) is 0 Å². The van der Waals surface area contributed by atoms with Gasteiger partial charge in [0.25, 0.3) is 0 Å². The molecule has 0 aliphatic rings. The molecular formula is C17H20N2O3. The standard InChI is InChI=1S/C17H20N2O3/c20-13-14-5-4-6-15(11-14)19-12-17(21)18-9-10-22-16-7-2-1-3-8-16/h1-8,11,19-20H,9-10,12-13H2,(H,18,21). The second-order valence-corrected chi connectivity index (χ2v) is 4.72. The fourth-order valence-electron chi connectivity index (χ4n) is 1.90. The van der Waals surface area contributed by atoms with Crippen molar-refractivity contribution in [3.63, 3.8) is 0 Å². The molecule has 2 rings (SSSR count). The lowest BCUT2D eigenvalue weighted by molar-refractivity contribution is -0.119. The number of amides is 1. The third kappa shape index (κ3) is 5.46. The Kier molecular flexibility index (Phi) is 6.26. The molecule has 0 aliphatic heterocycles. The fourth-order valence-corrected chi connectivity index (χ4v) is 1.90. The number of aliphatic hydroxyl groups excluding tert-OH is 1. The molecule has 2 aromatic carbocycles. The smallest absolute Gasteiger partial charge is 0.239 e. The monoisotopic (exact) mass is 300 g/mol. The van der Waals surface area contributed by atoms with Gasteiger partial charge >= 0.3 is 0 Å². The van der Waals surface area contributed by atoms with Crippen LogP contribution in [0.25, 0.3) is 0 Å². The van der Waals surface area contributed by atoms with E-state index in [9.17, 15) is 4.79 Å². The molecule has 0 spiro atoms. The van der Waals surface area contributed by atoms with Gasteiger partial charge in [-0.25, -0.2) is 0 Å². The number of para-hydroxylation sites is 1. The second-order valence-electron chi connectivity index (χ2n) is 4.72. The van der Waals surface area contributed by atoms with E-state index in [1.807, 2.05) is 54.6 Å². The van der Waals surface area contributed by atoms with Crippen LogP contribution in [-0.2, 0) is 11.4 Å². The van der Waals surface area contributed by atoms with E-state index in [1.54, 1.807) is 0 Å². The van der Waals surface area contributed by atoms with Crippen molar-refractivity contribution in [3.8, 4) is 5.75 Å². The van der Waals surface area contributed by atoms with Crippen LogP contribution in [0.2, 0.25) is 0 Å². The maximum atomic E-state index is 11.7. The number of nitrogens with one attached hydrogen (secondary N) is 2. The third-order valence-corrected chi connectivity index (χ3v) is 3.00. The predicted octanol–water partition coefficient (Wildman–Crippen LogP) is 1.79. The van der Waals surface area contributed by atoms with Crippen LogP contribution in [0, 0.1) is 0 Å². The minimum Gasteiger partial charge on any atom is -0.492 e. The number of hydrogen-bond acceptors (Lipinski definition) is 4. The fraction of sp³-hybridized carbons (Fsp3) is 0.235. The maximum absolute atomic E-state index is 11.7. The Labute approximate surface area is 129 Å². The molecule has 0 saturated heterocycles. The lowest BCUT2D eigenvalue weighted by Crippen LogP contribution is -2.33. The van der Waals surface area contributed by atoms with E-state index in [0.29, 0.717) is 13.2 Å². The second kappa shape index (κ2) is 8.69. The van der Waals surface area contributed by atoms with Crippen LogP contribution in [0.5, 0.6) is 5.75 Å². The van der Waals surface area contributed by atoms with E-state index in [1.165, 1.54) is 0 Å². The van der Waals surface area contributed by atoms with Crippen LogP contribution in [-0.4, -0.2) is 30.7 Å². The number of anilines is 1. The summed E-state index contributed by atoms with van der Waals surface area (Å²) in [6, 6.07) is 16.8. The van der Waals surface area contributed by atoms with Crippen LogP contribution in [0.1, 0.15) is 5.56 Å². The van der Waals surface area contributed by atoms with Crippen molar-refractivity contribution in [1.29, 1.82) is 0 Å². The minimum absolute atomic E-state index is 0.0153. The highest BCUT2D eigenvalue weighted by molar-refractivity contribution is 5.80. The van der Waals surface area contributed by atoms with Crippen molar-refractivity contribution >= 4 is 11.6 Å². The SMILES string of the molecule is O=C(CNc1cccc(CO)c1)NCCOc1ccccc1. The Morgan fingerprint density at radius 3 is 2.68 bits per heavy atom. The molecule has 0 radical (unpaired) electrons. The zero-order valence-electron chi connectivity index (χ0n) is 12.3. The topological polar surface area (TPSA) is 70.6 Å². The van der Waals surface area contributed by atoms with Gasteiger partial charge in [-0.05, 0) is 29.8 Å². The van der Waals surface area contributed by atoms with E-state index >= 15 is 0 Å².